The van der Waals surface area contributed by atoms with Crippen LogP contribution in [-0.2, 0) is 19.1 Å². The third-order valence-electron chi connectivity index (χ3n) is 5.80. The van der Waals surface area contributed by atoms with Gasteiger partial charge < -0.3 is 15.2 Å². The van der Waals surface area contributed by atoms with Crippen LogP contribution >= 0.6 is 11.8 Å². The lowest BCUT2D eigenvalue weighted by molar-refractivity contribution is -0.153. The lowest BCUT2D eigenvalue weighted by Gasteiger charge is -2.39. The molecule has 1 saturated carbocycles. The number of ether oxygens (including phenoxy) is 1. The molecule has 7 nitrogen and oxygen atoms in total. The molecule has 0 aromatic heterocycles. The Labute approximate surface area is 186 Å². The largest absolute Gasteiger partial charge is 0.481 e. The van der Waals surface area contributed by atoms with Gasteiger partial charge in [0.1, 0.15) is 17.4 Å². The fraction of sp³-hybridized carbons (Fsp3) is 0.565. The zero-order chi connectivity index (χ0) is 23.1. The van der Waals surface area contributed by atoms with Gasteiger partial charge in [-0.3, -0.25) is 14.4 Å². The summed E-state index contributed by atoms with van der Waals surface area (Å²) in [5.41, 5.74) is -0.117. The minimum absolute atomic E-state index is 0.0508. The molecule has 0 spiro atoms. The number of fused-ring (bicyclic) bond motifs is 1. The normalized spacial score (nSPS) is 27.6. The Morgan fingerprint density at radius 2 is 1.81 bits per heavy atom. The number of hydrogen-bond acceptors (Lipinski definition) is 6. The number of aliphatic carboxylic acids is 1. The molecule has 1 aromatic carbocycles. The van der Waals surface area contributed by atoms with E-state index in [0.717, 1.165) is 0 Å². The molecule has 1 aliphatic carbocycles. The topological polar surface area (TPSA) is 110 Å². The van der Waals surface area contributed by atoms with Crippen LogP contribution in [0.1, 0.15) is 52.6 Å². The molecule has 1 aromatic rings. The van der Waals surface area contributed by atoms with Crippen molar-refractivity contribution in [1.29, 1.82) is 0 Å². The van der Waals surface area contributed by atoms with Crippen molar-refractivity contribution < 1.29 is 29.0 Å². The number of rotatable bonds is 6. The average molecular weight is 448 g/mol. The minimum Gasteiger partial charge on any atom is -0.481 e. The van der Waals surface area contributed by atoms with Crippen molar-refractivity contribution >= 4 is 35.4 Å². The quantitative estimate of drug-likeness (QED) is 0.685. The first kappa shape index (κ1) is 23.3. The van der Waals surface area contributed by atoms with Crippen molar-refractivity contribution in [2.75, 3.05) is 0 Å². The van der Waals surface area contributed by atoms with Gasteiger partial charge in [0, 0.05) is 28.3 Å². The average Bonchev–Trinajstić information content (AvgIpc) is 2.91. The van der Waals surface area contributed by atoms with E-state index in [2.05, 4.69) is 5.32 Å². The summed E-state index contributed by atoms with van der Waals surface area (Å²) in [6, 6.07) is 7.87. The number of amides is 1. The van der Waals surface area contributed by atoms with E-state index in [1.54, 1.807) is 45.0 Å². The number of Topliss-reactive ketones (excluding diaryl/α,β-unsaturated/α-hetero) is 2. The first-order chi connectivity index (χ1) is 14.3. The van der Waals surface area contributed by atoms with Crippen LogP contribution in [0.25, 0.3) is 0 Å². The number of nitrogens with one attached hydrogen (secondary N) is 1. The summed E-state index contributed by atoms with van der Waals surface area (Å²) in [6.07, 6.45) is -0.764. The molecule has 2 fully saturated rings. The zero-order valence-electron chi connectivity index (χ0n) is 18.4. The number of carbonyl (C=O) groups excluding carboxylic acids is 3. The van der Waals surface area contributed by atoms with Crippen LogP contribution in [0.3, 0.4) is 0 Å². The Morgan fingerprint density at radius 3 is 2.35 bits per heavy atom. The number of benzene rings is 1. The summed E-state index contributed by atoms with van der Waals surface area (Å²) in [6.45, 7) is 8.86. The van der Waals surface area contributed by atoms with Crippen LogP contribution < -0.4 is 5.32 Å². The van der Waals surface area contributed by atoms with Crippen LogP contribution in [0.2, 0.25) is 0 Å². The molecule has 2 aliphatic rings. The molecule has 0 radical (unpaired) electrons. The van der Waals surface area contributed by atoms with Gasteiger partial charge in [-0.05, 0) is 40.2 Å². The molecule has 168 valence electrons. The predicted molar refractivity (Wildman–Crippen MR) is 117 cm³/mol. The van der Waals surface area contributed by atoms with Crippen LogP contribution in [0.15, 0.2) is 30.3 Å². The Kier molecular flexibility index (Phi) is 6.24. The smallest absolute Gasteiger partial charge is 0.408 e. The van der Waals surface area contributed by atoms with Crippen molar-refractivity contribution in [2.45, 2.75) is 62.7 Å². The van der Waals surface area contributed by atoms with Gasteiger partial charge in [0.05, 0.1) is 5.92 Å². The van der Waals surface area contributed by atoms with Gasteiger partial charge in [0.25, 0.3) is 0 Å². The molecule has 1 aliphatic heterocycles. The van der Waals surface area contributed by atoms with Crippen molar-refractivity contribution in [3.63, 3.8) is 0 Å². The van der Waals surface area contributed by atoms with E-state index in [4.69, 9.17) is 4.74 Å². The molecule has 8 heteroatoms. The number of hydrogen-bond donors (Lipinski definition) is 2. The highest BCUT2D eigenvalue weighted by molar-refractivity contribution is 8.01. The van der Waals surface area contributed by atoms with Crippen molar-refractivity contribution in [2.24, 2.45) is 17.8 Å². The highest BCUT2D eigenvalue weighted by Crippen LogP contribution is 2.60. The number of ketones is 2. The first-order valence-corrected chi connectivity index (χ1v) is 11.2. The summed E-state index contributed by atoms with van der Waals surface area (Å²) in [5.74, 6) is -3.32. The monoisotopic (exact) mass is 447 g/mol. The maximum Gasteiger partial charge on any atom is 0.408 e. The van der Waals surface area contributed by atoms with E-state index >= 15 is 0 Å². The highest BCUT2D eigenvalue weighted by Gasteiger charge is 2.65. The summed E-state index contributed by atoms with van der Waals surface area (Å²) in [5, 5.41) is 12.0. The van der Waals surface area contributed by atoms with Gasteiger partial charge in [-0.2, -0.15) is 0 Å². The summed E-state index contributed by atoms with van der Waals surface area (Å²) >= 11 is 1.47. The van der Waals surface area contributed by atoms with Crippen molar-refractivity contribution in [1.82, 2.24) is 5.32 Å². The number of alkyl carbamates (subject to hydrolysis) is 1. The molecule has 5 atom stereocenters. The molecular formula is C23H29NO6S. The summed E-state index contributed by atoms with van der Waals surface area (Å²) < 4.78 is 4.72. The molecular weight excluding hydrogens is 418 g/mol. The molecule has 1 unspecified atom stereocenters. The lowest BCUT2D eigenvalue weighted by Crippen LogP contribution is -2.53. The molecule has 0 bridgehead atoms. The van der Waals surface area contributed by atoms with Crippen molar-refractivity contribution in [3.05, 3.63) is 35.9 Å². The molecule has 1 saturated heterocycles. The maximum absolute atomic E-state index is 13.2. The fourth-order valence-electron chi connectivity index (χ4n) is 4.49. The second-order valence-corrected chi connectivity index (χ2v) is 11.5. The van der Waals surface area contributed by atoms with E-state index in [1.165, 1.54) is 11.8 Å². The van der Waals surface area contributed by atoms with Crippen LogP contribution in [-0.4, -0.2) is 44.3 Å². The zero-order valence-corrected chi connectivity index (χ0v) is 19.2. The summed E-state index contributed by atoms with van der Waals surface area (Å²) in [4.78, 5) is 50.1. The Hall–Kier alpha value is -2.35. The molecule has 1 amide bonds. The molecule has 31 heavy (non-hydrogen) atoms. The first-order valence-electron chi connectivity index (χ1n) is 10.3. The van der Waals surface area contributed by atoms with E-state index in [-0.39, 0.29) is 23.2 Å². The van der Waals surface area contributed by atoms with E-state index in [1.807, 2.05) is 19.9 Å². The van der Waals surface area contributed by atoms with Gasteiger partial charge in [-0.1, -0.05) is 30.3 Å². The van der Waals surface area contributed by atoms with Crippen LogP contribution in [0.5, 0.6) is 0 Å². The SMILES string of the molecule is CC(C)(C)OC(=O)N[C@@H](C(=O)C[C@@H]1C(=O)C2[C@@H](C(=O)O)C(C)(C)S[C@@H]21)c1ccccc1. The molecule has 3 rings (SSSR count). The standard InChI is InChI=1S/C23H29NO6S/c1-22(2,3)30-21(29)24-17(12-9-7-6-8-10-12)14(25)11-13-18(26)15-16(20(27)28)23(4,5)31-19(13)15/h6-10,13,15-17,19H,11H2,1-5H3,(H,24,29)(H,27,28)/t13-,15?,16+,17-,19-/m1/s1. The van der Waals surface area contributed by atoms with Gasteiger partial charge in [-0.15, -0.1) is 11.8 Å². The number of carboxylic acid groups (broad SMARTS) is 1. The van der Waals surface area contributed by atoms with Crippen LogP contribution in [0.4, 0.5) is 4.79 Å². The molecule has 2 N–H and O–H groups in total. The van der Waals surface area contributed by atoms with Gasteiger partial charge in [-0.25, -0.2) is 4.79 Å². The maximum atomic E-state index is 13.2. The Morgan fingerprint density at radius 1 is 1.19 bits per heavy atom. The second-order valence-electron chi connectivity index (χ2n) is 9.70. The predicted octanol–water partition coefficient (Wildman–Crippen LogP) is 3.62. The van der Waals surface area contributed by atoms with Gasteiger partial charge in [0.2, 0.25) is 0 Å². The fourth-order valence-corrected chi connectivity index (χ4v) is 6.42. The number of carboxylic acids is 1. The lowest BCUT2D eigenvalue weighted by atomic mass is 9.63. The van der Waals surface area contributed by atoms with E-state index in [9.17, 15) is 24.3 Å². The Bertz CT molecular complexity index is 891. The third-order valence-corrected chi connectivity index (χ3v) is 7.55. The highest BCUT2D eigenvalue weighted by atomic mass is 32.2. The van der Waals surface area contributed by atoms with Gasteiger partial charge >= 0.3 is 12.1 Å². The van der Waals surface area contributed by atoms with Crippen LogP contribution in [0, 0.1) is 17.8 Å². The third kappa shape index (κ3) is 4.79. The van der Waals surface area contributed by atoms with E-state index in [0.29, 0.717) is 5.56 Å². The Balaban J connectivity index is 1.76. The second kappa shape index (κ2) is 8.30. The van der Waals surface area contributed by atoms with E-state index < -0.39 is 46.2 Å². The molecule has 1 heterocycles. The minimum atomic E-state index is -0.975. The number of thioether (sulfide) groups is 1. The summed E-state index contributed by atoms with van der Waals surface area (Å²) in [7, 11) is 0. The number of carbonyl (C=O) groups is 4. The van der Waals surface area contributed by atoms with Crippen molar-refractivity contribution in [3.8, 4) is 0 Å². The van der Waals surface area contributed by atoms with Gasteiger partial charge in [0.15, 0.2) is 5.78 Å².